The largest absolute Gasteiger partial charge is 0.311 e. The van der Waals surface area contributed by atoms with Crippen molar-refractivity contribution < 1.29 is 0 Å². The van der Waals surface area contributed by atoms with Crippen molar-refractivity contribution in [1.82, 2.24) is 19.8 Å². The van der Waals surface area contributed by atoms with E-state index < -0.39 is 0 Å². The van der Waals surface area contributed by atoms with Crippen LogP contribution in [-0.4, -0.2) is 51.2 Å². The highest BCUT2D eigenvalue weighted by Crippen LogP contribution is 2.32. The number of fused-ring (bicyclic) bond motifs is 1. The summed E-state index contributed by atoms with van der Waals surface area (Å²) in [7, 11) is 0. The Bertz CT molecular complexity index is 1170. The highest BCUT2D eigenvalue weighted by Gasteiger charge is 2.34. The van der Waals surface area contributed by atoms with E-state index in [1.54, 1.807) is 0 Å². The predicted molar refractivity (Wildman–Crippen MR) is 134 cm³/mol. The molecule has 8 heteroatoms. The van der Waals surface area contributed by atoms with Crippen molar-refractivity contribution in [1.29, 1.82) is 10.9 Å². The number of benzene rings is 2. The first kappa shape index (κ1) is 22.8. The average Bonchev–Trinajstić information content (AvgIpc) is 2.89. The Morgan fingerprint density at radius 3 is 2.56 bits per heavy atom. The molecule has 34 heavy (non-hydrogen) atoms. The Morgan fingerprint density at radius 1 is 1.06 bits per heavy atom. The normalized spacial score (nSPS) is 19.5. The van der Waals surface area contributed by atoms with Crippen molar-refractivity contribution >= 4 is 23.6 Å². The van der Waals surface area contributed by atoms with Gasteiger partial charge in [0.1, 0.15) is 6.33 Å². The second-order valence-electron chi connectivity index (χ2n) is 9.02. The van der Waals surface area contributed by atoms with Crippen molar-refractivity contribution in [2.75, 3.05) is 13.1 Å². The first-order valence-electron chi connectivity index (χ1n) is 11.7. The van der Waals surface area contributed by atoms with Gasteiger partial charge >= 0.3 is 0 Å². The quantitative estimate of drug-likeness (QED) is 0.365. The summed E-state index contributed by atoms with van der Waals surface area (Å²) >= 11 is 6.09. The SMILES string of the molecule is N=C[C@@H]1Cc2c(ncnc2N=N)CN1C1CCN(Cc2ccccc2-c2ccc(Cl)cc2)CC1. The highest BCUT2D eigenvalue weighted by molar-refractivity contribution is 6.30. The Morgan fingerprint density at radius 2 is 1.82 bits per heavy atom. The number of nitrogens with one attached hydrogen (secondary N) is 2. The molecule has 5 rings (SSSR count). The second-order valence-corrected chi connectivity index (χ2v) is 9.45. The molecular weight excluding hydrogens is 446 g/mol. The molecule has 0 aliphatic carbocycles. The van der Waals surface area contributed by atoms with Crippen molar-refractivity contribution in [2.45, 2.75) is 44.4 Å². The van der Waals surface area contributed by atoms with Crippen LogP contribution in [0.3, 0.4) is 0 Å². The first-order chi connectivity index (χ1) is 16.7. The first-order valence-corrected chi connectivity index (χ1v) is 12.1. The summed E-state index contributed by atoms with van der Waals surface area (Å²) in [6.07, 6.45) is 5.79. The summed E-state index contributed by atoms with van der Waals surface area (Å²) in [6, 6.07) is 17.1. The van der Waals surface area contributed by atoms with Crippen molar-refractivity contribution in [2.24, 2.45) is 5.11 Å². The molecule has 1 aromatic heterocycles. The van der Waals surface area contributed by atoms with Crippen LogP contribution in [0.15, 0.2) is 60.0 Å². The smallest absolute Gasteiger partial charge is 0.180 e. The number of hydrogen-bond donors (Lipinski definition) is 2. The second kappa shape index (κ2) is 10.1. The molecule has 1 saturated heterocycles. The minimum Gasteiger partial charge on any atom is -0.311 e. The molecule has 1 atom stereocenters. The maximum atomic E-state index is 8.02. The summed E-state index contributed by atoms with van der Waals surface area (Å²) in [4.78, 5) is 13.5. The van der Waals surface area contributed by atoms with Crippen LogP contribution in [0, 0.1) is 10.9 Å². The van der Waals surface area contributed by atoms with E-state index in [2.05, 4.69) is 61.3 Å². The summed E-state index contributed by atoms with van der Waals surface area (Å²) in [5, 5.41) is 12.3. The Labute approximate surface area is 204 Å². The Kier molecular flexibility index (Phi) is 6.76. The van der Waals surface area contributed by atoms with Gasteiger partial charge in [-0.05, 0) is 61.2 Å². The third-order valence-corrected chi connectivity index (χ3v) is 7.33. The predicted octanol–water partition coefficient (Wildman–Crippen LogP) is 5.50. The zero-order chi connectivity index (χ0) is 23.5. The molecular formula is C26H28ClN7. The van der Waals surface area contributed by atoms with Gasteiger partial charge in [-0.2, -0.15) is 0 Å². The van der Waals surface area contributed by atoms with Gasteiger partial charge in [0.05, 0.1) is 5.69 Å². The monoisotopic (exact) mass is 473 g/mol. The van der Waals surface area contributed by atoms with E-state index in [1.165, 1.54) is 29.2 Å². The molecule has 0 unspecified atom stereocenters. The lowest BCUT2D eigenvalue weighted by molar-refractivity contribution is 0.0784. The van der Waals surface area contributed by atoms with Crippen LogP contribution in [0.2, 0.25) is 5.02 Å². The Hall–Kier alpha value is -3.00. The fourth-order valence-electron chi connectivity index (χ4n) is 5.27. The summed E-state index contributed by atoms with van der Waals surface area (Å²) < 4.78 is 0. The number of rotatable bonds is 6. The van der Waals surface area contributed by atoms with Crippen LogP contribution in [0.1, 0.15) is 29.7 Å². The van der Waals surface area contributed by atoms with Gasteiger partial charge < -0.3 is 5.41 Å². The third kappa shape index (κ3) is 4.64. The number of hydrogen-bond acceptors (Lipinski definition) is 7. The standard InChI is InChI=1S/C26H28ClN7/c27-20-7-5-18(6-8-20)23-4-2-1-3-19(23)15-33-11-9-21(10-12-33)34-16-25-24(13-22(34)14-28)26(32-29)31-17-30-25/h1-8,14,17,21-22,28-29H,9-13,15-16H2/t22-/m0/s1. The van der Waals surface area contributed by atoms with Gasteiger partial charge in [0, 0.05) is 42.0 Å². The molecule has 3 aromatic rings. The highest BCUT2D eigenvalue weighted by atomic mass is 35.5. The summed E-state index contributed by atoms with van der Waals surface area (Å²) in [5.41, 5.74) is 13.0. The number of halogens is 1. The van der Waals surface area contributed by atoms with Crippen LogP contribution in [0.4, 0.5) is 5.82 Å². The van der Waals surface area contributed by atoms with Gasteiger partial charge in [0.15, 0.2) is 5.82 Å². The van der Waals surface area contributed by atoms with Crippen LogP contribution in [0.5, 0.6) is 0 Å². The van der Waals surface area contributed by atoms with Gasteiger partial charge in [-0.25, -0.2) is 15.5 Å². The minimum atomic E-state index is 0.00109. The maximum Gasteiger partial charge on any atom is 0.180 e. The molecule has 0 spiro atoms. The van der Waals surface area contributed by atoms with E-state index in [-0.39, 0.29) is 6.04 Å². The lowest BCUT2D eigenvalue weighted by Gasteiger charge is -2.43. The zero-order valence-electron chi connectivity index (χ0n) is 19.0. The molecule has 2 aliphatic heterocycles. The Balaban J connectivity index is 1.26. The van der Waals surface area contributed by atoms with E-state index in [9.17, 15) is 0 Å². The molecule has 2 aromatic carbocycles. The van der Waals surface area contributed by atoms with Gasteiger partial charge in [0.25, 0.3) is 0 Å². The topological polar surface area (TPSA) is 92.3 Å². The summed E-state index contributed by atoms with van der Waals surface area (Å²) in [6.45, 7) is 3.64. The van der Waals surface area contributed by atoms with Crippen molar-refractivity contribution in [3.63, 3.8) is 0 Å². The molecule has 0 radical (unpaired) electrons. The van der Waals surface area contributed by atoms with Crippen LogP contribution in [0.25, 0.3) is 11.1 Å². The zero-order valence-corrected chi connectivity index (χ0v) is 19.7. The fraction of sp³-hybridized carbons (Fsp3) is 0.346. The molecule has 2 N–H and O–H groups in total. The molecule has 174 valence electrons. The molecule has 1 fully saturated rings. The van der Waals surface area contributed by atoms with Crippen LogP contribution in [-0.2, 0) is 19.5 Å². The minimum absolute atomic E-state index is 0.00109. The van der Waals surface area contributed by atoms with Gasteiger partial charge in [-0.3, -0.25) is 9.80 Å². The van der Waals surface area contributed by atoms with Gasteiger partial charge in [-0.1, -0.05) is 48.0 Å². The average molecular weight is 474 g/mol. The molecule has 2 aliphatic rings. The molecule has 7 nitrogen and oxygen atoms in total. The molecule has 0 bridgehead atoms. The number of aromatic nitrogens is 2. The number of likely N-dealkylation sites (tertiary alicyclic amines) is 1. The van der Waals surface area contributed by atoms with Crippen LogP contribution < -0.4 is 0 Å². The van der Waals surface area contributed by atoms with Crippen molar-refractivity contribution in [3.05, 3.63) is 76.7 Å². The third-order valence-electron chi connectivity index (χ3n) is 7.07. The van der Waals surface area contributed by atoms with Gasteiger partial charge in [0.2, 0.25) is 0 Å². The lowest BCUT2D eigenvalue weighted by Crippen LogP contribution is -2.51. The number of piperidine rings is 1. The molecule has 0 saturated carbocycles. The molecule has 0 amide bonds. The molecule has 3 heterocycles. The van der Waals surface area contributed by atoms with E-state index in [0.717, 1.165) is 48.8 Å². The van der Waals surface area contributed by atoms with Crippen LogP contribution >= 0.6 is 11.6 Å². The maximum absolute atomic E-state index is 8.02. The van der Waals surface area contributed by atoms with Gasteiger partial charge in [-0.15, -0.1) is 5.11 Å². The van der Waals surface area contributed by atoms with Crippen molar-refractivity contribution in [3.8, 4) is 11.1 Å². The van der Waals surface area contributed by atoms with E-state index >= 15 is 0 Å². The van der Waals surface area contributed by atoms with E-state index in [1.807, 2.05) is 12.1 Å². The van der Waals surface area contributed by atoms with E-state index in [4.69, 9.17) is 22.5 Å². The summed E-state index contributed by atoms with van der Waals surface area (Å²) in [5.74, 6) is 0.436. The fourth-order valence-corrected chi connectivity index (χ4v) is 5.40. The van der Waals surface area contributed by atoms with E-state index in [0.29, 0.717) is 24.8 Å². The lowest BCUT2D eigenvalue weighted by atomic mass is 9.93. The number of nitrogens with zero attached hydrogens (tertiary/aromatic N) is 5.